The summed E-state index contributed by atoms with van der Waals surface area (Å²) in [7, 11) is 3.08. The van der Waals surface area contributed by atoms with Gasteiger partial charge in [0.25, 0.3) is 0 Å². The number of carbonyl (C=O) groups is 1. The van der Waals surface area contributed by atoms with Crippen molar-refractivity contribution in [3.63, 3.8) is 0 Å². The van der Waals surface area contributed by atoms with Crippen LogP contribution in [0.15, 0.2) is 24.3 Å². The molecule has 1 aromatic carbocycles. The van der Waals surface area contributed by atoms with Crippen LogP contribution in [0.3, 0.4) is 0 Å². The third kappa shape index (κ3) is 4.45. The number of hydrogen-bond donors (Lipinski definition) is 1. The van der Waals surface area contributed by atoms with Gasteiger partial charge in [0.1, 0.15) is 24.5 Å². The van der Waals surface area contributed by atoms with Crippen LogP contribution >= 0.6 is 11.6 Å². The number of amides is 2. The van der Waals surface area contributed by atoms with Crippen LogP contribution in [0.25, 0.3) is 0 Å². The first kappa shape index (κ1) is 22.1. The molecule has 0 spiro atoms. The molecule has 1 aromatic heterocycles. The number of ether oxygens (including phenoxy) is 2. The minimum atomic E-state index is -0.974. The Morgan fingerprint density at radius 2 is 1.97 bits per heavy atom. The molecule has 1 saturated heterocycles. The third-order valence-corrected chi connectivity index (χ3v) is 5.65. The van der Waals surface area contributed by atoms with Gasteiger partial charge in [-0.3, -0.25) is 9.96 Å². The molecule has 0 aliphatic carbocycles. The number of nitrogens with zero attached hydrogens (tertiary/aromatic N) is 3. The number of pyridine rings is 1. The molecule has 0 atom stereocenters. The minimum absolute atomic E-state index is 0.101. The molecule has 9 heteroatoms. The van der Waals surface area contributed by atoms with Gasteiger partial charge in [-0.1, -0.05) is 18.5 Å². The highest BCUT2D eigenvalue weighted by atomic mass is 35.5. The van der Waals surface area contributed by atoms with E-state index in [-0.39, 0.29) is 13.1 Å². The summed E-state index contributed by atoms with van der Waals surface area (Å²) < 4.78 is 9.72. The molecule has 0 radical (unpaired) electrons. The van der Waals surface area contributed by atoms with E-state index in [4.69, 9.17) is 21.1 Å². The number of urea groups is 1. The van der Waals surface area contributed by atoms with Crippen molar-refractivity contribution in [1.29, 1.82) is 0 Å². The lowest BCUT2D eigenvalue weighted by atomic mass is 10.1. The standard InChI is InChI=1S/C21H27ClN4O4/c1-5-15-12-17(20(30-4)23-14(15)2)24-21(27)26(28)10-8-25(9-11-26)18-13-16(22)6-7-19(18)29-3/h6-7,12-13H,5,8-11H2,1-4H3,(H,24,27). The lowest BCUT2D eigenvalue weighted by Crippen LogP contribution is -2.60. The summed E-state index contributed by atoms with van der Waals surface area (Å²) in [4.78, 5) is 19.3. The van der Waals surface area contributed by atoms with Crippen molar-refractivity contribution in [3.05, 3.63) is 45.8 Å². The zero-order valence-corrected chi connectivity index (χ0v) is 18.5. The van der Waals surface area contributed by atoms with Gasteiger partial charge in [0, 0.05) is 10.7 Å². The Hall–Kier alpha value is -2.55. The summed E-state index contributed by atoms with van der Waals surface area (Å²) in [6.07, 6.45) is 0.763. The fourth-order valence-corrected chi connectivity index (χ4v) is 3.75. The first-order chi connectivity index (χ1) is 14.3. The first-order valence-corrected chi connectivity index (χ1v) is 10.2. The van der Waals surface area contributed by atoms with Gasteiger partial charge < -0.3 is 19.6 Å². The van der Waals surface area contributed by atoms with Crippen LogP contribution in [-0.4, -0.2) is 56.1 Å². The number of hydroxylamine groups is 3. The van der Waals surface area contributed by atoms with Crippen molar-refractivity contribution < 1.29 is 18.9 Å². The number of quaternary nitrogens is 1. The Balaban J connectivity index is 1.74. The Bertz CT molecular complexity index is 929. The molecule has 8 nitrogen and oxygen atoms in total. The molecular weight excluding hydrogens is 408 g/mol. The number of aryl methyl sites for hydroxylation is 2. The highest BCUT2D eigenvalue weighted by Gasteiger charge is 2.34. The fourth-order valence-electron chi connectivity index (χ4n) is 3.59. The van der Waals surface area contributed by atoms with Gasteiger partial charge in [-0.2, -0.15) is 0 Å². The zero-order chi connectivity index (χ0) is 21.9. The fraction of sp³-hybridized carbons (Fsp3) is 0.429. The van der Waals surface area contributed by atoms with E-state index in [2.05, 4.69) is 10.3 Å². The average molecular weight is 435 g/mol. The molecule has 1 aliphatic heterocycles. The molecule has 1 fully saturated rings. The molecule has 2 heterocycles. The zero-order valence-electron chi connectivity index (χ0n) is 17.7. The maximum Gasteiger partial charge on any atom is 0.421 e. The van der Waals surface area contributed by atoms with Gasteiger partial charge in [-0.15, -0.1) is 0 Å². The minimum Gasteiger partial charge on any atom is -0.624 e. The van der Waals surface area contributed by atoms with Crippen LogP contribution in [0.1, 0.15) is 18.2 Å². The number of halogens is 1. The van der Waals surface area contributed by atoms with Crippen molar-refractivity contribution >= 4 is 29.0 Å². The molecule has 0 unspecified atom stereocenters. The third-order valence-electron chi connectivity index (χ3n) is 5.41. The maximum atomic E-state index is 13.2. The van der Waals surface area contributed by atoms with E-state index in [1.807, 2.05) is 24.8 Å². The SMILES string of the molecule is CCc1cc(NC(=O)[N+]2([O-])CCN(c3cc(Cl)ccc3OC)CC2)c(OC)nc1C. The van der Waals surface area contributed by atoms with Crippen LogP contribution in [0.4, 0.5) is 16.2 Å². The van der Waals surface area contributed by atoms with Crippen LogP contribution in [0.2, 0.25) is 5.02 Å². The summed E-state index contributed by atoms with van der Waals surface area (Å²) in [6.45, 7) is 4.90. The Labute approximate surface area is 181 Å². The van der Waals surface area contributed by atoms with Gasteiger partial charge in [0.2, 0.25) is 5.88 Å². The second-order valence-corrected chi connectivity index (χ2v) is 7.65. The number of benzene rings is 1. The molecule has 0 bridgehead atoms. The molecule has 1 aliphatic rings. The van der Waals surface area contributed by atoms with E-state index in [1.165, 1.54) is 7.11 Å². The maximum absolute atomic E-state index is 13.2. The summed E-state index contributed by atoms with van der Waals surface area (Å²) in [5, 5.41) is 16.5. The van der Waals surface area contributed by atoms with Crippen molar-refractivity contribution in [1.82, 2.24) is 4.98 Å². The van der Waals surface area contributed by atoms with Gasteiger partial charge in [0.15, 0.2) is 0 Å². The van der Waals surface area contributed by atoms with Crippen LogP contribution in [0, 0.1) is 12.1 Å². The number of anilines is 2. The van der Waals surface area contributed by atoms with Crippen molar-refractivity contribution in [3.8, 4) is 11.6 Å². The van der Waals surface area contributed by atoms with E-state index in [1.54, 1.807) is 25.3 Å². The lowest BCUT2D eigenvalue weighted by Gasteiger charge is -2.45. The number of carbonyl (C=O) groups excluding carboxylic acids is 1. The van der Waals surface area contributed by atoms with Gasteiger partial charge in [-0.05, 0) is 43.2 Å². The van der Waals surface area contributed by atoms with Crippen LogP contribution < -0.4 is 19.7 Å². The smallest absolute Gasteiger partial charge is 0.421 e. The van der Waals surface area contributed by atoms with Gasteiger partial charge in [-0.25, -0.2) is 9.78 Å². The average Bonchev–Trinajstić information content (AvgIpc) is 2.75. The molecule has 2 amide bonds. The van der Waals surface area contributed by atoms with Gasteiger partial charge in [0.05, 0.1) is 33.0 Å². The molecule has 162 valence electrons. The molecule has 30 heavy (non-hydrogen) atoms. The lowest BCUT2D eigenvalue weighted by molar-refractivity contribution is -0.797. The molecule has 1 N–H and O–H groups in total. The molecule has 0 saturated carbocycles. The summed E-state index contributed by atoms with van der Waals surface area (Å²) in [5.74, 6) is 0.976. The number of methoxy groups -OCH3 is 2. The predicted octanol–water partition coefficient (Wildman–Crippen LogP) is 3.99. The van der Waals surface area contributed by atoms with Crippen molar-refractivity contribution in [2.75, 3.05) is 50.6 Å². The molecular formula is C21H27ClN4O4. The van der Waals surface area contributed by atoms with Crippen molar-refractivity contribution in [2.45, 2.75) is 20.3 Å². The van der Waals surface area contributed by atoms with E-state index < -0.39 is 10.7 Å². The Morgan fingerprint density at radius 3 is 2.57 bits per heavy atom. The topological polar surface area (TPSA) is 86.8 Å². The number of piperazine rings is 1. The van der Waals surface area contributed by atoms with E-state index >= 15 is 0 Å². The van der Waals surface area contributed by atoms with E-state index in [9.17, 15) is 10.0 Å². The second kappa shape index (κ2) is 9.07. The summed E-state index contributed by atoms with van der Waals surface area (Å²) >= 11 is 6.12. The largest absolute Gasteiger partial charge is 0.624 e. The Kier molecular flexibility index (Phi) is 6.70. The summed E-state index contributed by atoms with van der Waals surface area (Å²) in [6, 6.07) is 6.54. The van der Waals surface area contributed by atoms with Gasteiger partial charge >= 0.3 is 6.03 Å². The van der Waals surface area contributed by atoms with E-state index in [0.717, 1.165) is 23.4 Å². The van der Waals surface area contributed by atoms with Crippen LogP contribution in [0.5, 0.6) is 11.6 Å². The summed E-state index contributed by atoms with van der Waals surface area (Å²) in [5.41, 5.74) is 3.05. The quantitative estimate of drug-likeness (QED) is 0.565. The number of rotatable bonds is 5. The molecule has 2 aromatic rings. The number of hydrogen-bond acceptors (Lipinski definition) is 6. The Morgan fingerprint density at radius 1 is 1.27 bits per heavy atom. The molecule has 3 rings (SSSR count). The number of aromatic nitrogens is 1. The van der Waals surface area contributed by atoms with E-state index in [0.29, 0.717) is 35.4 Å². The predicted molar refractivity (Wildman–Crippen MR) is 118 cm³/mol. The monoisotopic (exact) mass is 434 g/mol. The van der Waals surface area contributed by atoms with Crippen molar-refractivity contribution in [2.24, 2.45) is 0 Å². The normalized spacial score (nSPS) is 15.6. The number of nitrogens with one attached hydrogen (secondary N) is 1. The highest BCUT2D eigenvalue weighted by molar-refractivity contribution is 6.30. The second-order valence-electron chi connectivity index (χ2n) is 7.21. The highest BCUT2D eigenvalue weighted by Crippen LogP contribution is 2.33. The van der Waals surface area contributed by atoms with Crippen LogP contribution in [-0.2, 0) is 6.42 Å². The first-order valence-electron chi connectivity index (χ1n) is 9.84.